The maximum Gasteiger partial charge on any atom is 0.241 e. The molecule has 2 aliphatic rings. The van der Waals surface area contributed by atoms with Crippen LogP contribution in [0.3, 0.4) is 0 Å². The van der Waals surface area contributed by atoms with Crippen molar-refractivity contribution in [1.82, 2.24) is 15.8 Å². The normalized spacial score (nSPS) is 38.4. The summed E-state index contributed by atoms with van der Waals surface area (Å²) in [6.45, 7) is -0.422. The molecule has 17 heavy (non-hydrogen) atoms. The molecule has 0 aliphatic carbocycles. The molecule has 96 valence electrons. The predicted octanol–water partition coefficient (Wildman–Crippen LogP) is -3.35. The summed E-state index contributed by atoms with van der Waals surface area (Å²) < 4.78 is 5.25. The molecular formula is C8H13N3O5S. The minimum atomic E-state index is -1.23. The summed E-state index contributed by atoms with van der Waals surface area (Å²) in [6, 6.07) is 0. The van der Waals surface area contributed by atoms with Gasteiger partial charge in [0.2, 0.25) is 5.91 Å². The smallest absolute Gasteiger partial charge is 0.241 e. The molecule has 2 aliphatic heterocycles. The Bertz CT molecular complexity index is 341. The van der Waals surface area contributed by atoms with Gasteiger partial charge in [-0.3, -0.25) is 9.80 Å². The standard InChI is InChI=1S/C8H13N3O5S/c12-2-3-5(14)6(15)7(16-3)11-8(17)10-4(13)1-9-11/h3,5-7,9,12,14-15H,1-2H2,(H,10,13,17)/t3-,5-,6-,7-/m1/s1. The lowest BCUT2D eigenvalue weighted by atomic mass is 10.1. The van der Waals surface area contributed by atoms with Crippen molar-refractivity contribution in [2.75, 3.05) is 13.2 Å². The summed E-state index contributed by atoms with van der Waals surface area (Å²) >= 11 is 4.90. The first-order valence-electron chi connectivity index (χ1n) is 5.03. The van der Waals surface area contributed by atoms with Crippen LogP contribution in [0, 0.1) is 0 Å². The molecule has 0 unspecified atom stereocenters. The van der Waals surface area contributed by atoms with Crippen LogP contribution in [0.15, 0.2) is 0 Å². The molecule has 0 aromatic heterocycles. The van der Waals surface area contributed by atoms with Crippen molar-refractivity contribution in [2.45, 2.75) is 24.5 Å². The Kier molecular flexibility index (Phi) is 3.56. The van der Waals surface area contributed by atoms with Crippen LogP contribution in [-0.4, -0.2) is 69.0 Å². The van der Waals surface area contributed by atoms with E-state index in [2.05, 4.69) is 10.7 Å². The molecule has 2 fully saturated rings. The molecule has 0 aromatic rings. The third-order valence-corrected chi connectivity index (χ3v) is 2.95. The second kappa shape index (κ2) is 4.80. The number of carbonyl (C=O) groups is 1. The number of carbonyl (C=O) groups excluding carboxylic acids is 1. The molecule has 8 nitrogen and oxygen atoms in total. The van der Waals surface area contributed by atoms with Gasteiger partial charge in [0.15, 0.2) is 11.3 Å². The first-order chi connectivity index (χ1) is 8.04. The average Bonchev–Trinajstić information content (AvgIpc) is 2.57. The molecule has 2 rings (SSSR count). The first kappa shape index (κ1) is 12.6. The Hall–Kier alpha value is -0.840. The SMILES string of the molecule is O=C1CNN([C@@H]2O[C@H](CO)[C@@H](O)[C@H]2O)C(=S)N1. The summed E-state index contributed by atoms with van der Waals surface area (Å²) in [6.07, 6.45) is -4.26. The van der Waals surface area contributed by atoms with E-state index in [-0.39, 0.29) is 17.6 Å². The van der Waals surface area contributed by atoms with E-state index < -0.39 is 31.1 Å². The van der Waals surface area contributed by atoms with E-state index in [0.29, 0.717) is 0 Å². The van der Waals surface area contributed by atoms with Crippen LogP contribution in [0.2, 0.25) is 0 Å². The van der Waals surface area contributed by atoms with Gasteiger partial charge in [-0.05, 0) is 12.2 Å². The highest BCUT2D eigenvalue weighted by Crippen LogP contribution is 2.23. The Morgan fingerprint density at radius 3 is 2.71 bits per heavy atom. The Morgan fingerprint density at radius 2 is 2.18 bits per heavy atom. The van der Waals surface area contributed by atoms with Crippen molar-refractivity contribution in [2.24, 2.45) is 0 Å². The zero-order chi connectivity index (χ0) is 12.6. The second-order valence-electron chi connectivity index (χ2n) is 3.79. The van der Waals surface area contributed by atoms with Gasteiger partial charge in [0.05, 0.1) is 13.2 Å². The van der Waals surface area contributed by atoms with Gasteiger partial charge < -0.3 is 25.4 Å². The molecule has 0 radical (unpaired) electrons. The number of ether oxygens (including phenoxy) is 1. The largest absolute Gasteiger partial charge is 0.394 e. The number of nitrogens with zero attached hydrogens (tertiary/aromatic N) is 1. The molecule has 0 spiro atoms. The van der Waals surface area contributed by atoms with Crippen LogP contribution in [-0.2, 0) is 9.53 Å². The molecular weight excluding hydrogens is 250 g/mol. The first-order valence-corrected chi connectivity index (χ1v) is 5.44. The lowest BCUT2D eigenvalue weighted by molar-refractivity contribution is -0.126. The van der Waals surface area contributed by atoms with E-state index in [1.807, 2.05) is 0 Å². The third-order valence-electron chi connectivity index (χ3n) is 2.65. The summed E-state index contributed by atoms with van der Waals surface area (Å²) in [5.41, 5.74) is 2.66. The fourth-order valence-corrected chi connectivity index (χ4v) is 2.03. The van der Waals surface area contributed by atoms with Crippen molar-refractivity contribution in [3.8, 4) is 0 Å². The molecule has 2 heterocycles. The Morgan fingerprint density at radius 1 is 1.47 bits per heavy atom. The maximum atomic E-state index is 11.0. The van der Waals surface area contributed by atoms with Gasteiger partial charge in [-0.1, -0.05) is 0 Å². The van der Waals surface area contributed by atoms with Crippen molar-refractivity contribution < 1.29 is 24.9 Å². The van der Waals surface area contributed by atoms with Crippen molar-refractivity contribution >= 4 is 23.2 Å². The monoisotopic (exact) mass is 263 g/mol. The van der Waals surface area contributed by atoms with Gasteiger partial charge in [0.25, 0.3) is 0 Å². The number of hydrogen-bond donors (Lipinski definition) is 5. The predicted molar refractivity (Wildman–Crippen MR) is 58.3 cm³/mol. The molecule has 9 heteroatoms. The third kappa shape index (κ3) is 2.25. The Balaban J connectivity index is 2.08. The number of nitrogens with one attached hydrogen (secondary N) is 2. The number of aliphatic hydroxyl groups is 3. The van der Waals surface area contributed by atoms with E-state index in [0.717, 1.165) is 0 Å². The fraction of sp³-hybridized carbons (Fsp3) is 0.750. The van der Waals surface area contributed by atoms with Gasteiger partial charge in [-0.15, -0.1) is 0 Å². The van der Waals surface area contributed by atoms with Crippen molar-refractivity contribution in [1.29, 1.82) is 0 Å². The fourth-order valence-electron chi connectivity index (χ4n) is 1.75. The molecule has 0 aromatic carbocycles. The van der Waals surface area contributed by atoms with Crippen molar-refractivity contribution in [3.05, 3.63) is 0 Å². The molecule has 5 N–H and O–H groups in total. The van der Waals surface area contributed by atoms with Gasteiger partial charge in [0.1, 0.15) is 18.3 Å². The highest BCUT2D eigenvalue weighted by Gasteiger charge is 2.46. The van der Waals surface area contributed by atoms with Crippen LogP contribution >= 0.6 is 12.2 Å². The zero-order valence-corrected chi connectivity index (χ0v) is 9.55. The number of amides is 1. The van der Waals surface area contributed by atoms with E-state index in [1.165, 1.54) is 5.01 Å². The van der Waals surface area contributed by atoms with Crippen LogP contribution in [0.1, 0.15) is 0 Å². The average molecular weight is 263 g/mol. The number of hydrazine groups is 1. The summed E-state index contributed by atoms with van der Waals surface area (Å²) in [4.78, 5) is 11.0. The molecule has 0 bridgehead atoms. The molecule has 0 saturated carbocycles. The van der Waals surface area contributed by atoms with Gasteiger partial charge >= 0.3 is 0 Å². The topological polar surface area (TPSA) is 114 Å². The van der Waals surface area contributed by atoms with E-state index in [1.54, 1.807) is 0 Å². The lowest BCUT2D eigenvalue weighted by Gasteiger charge is -2.35. The summed E-state index contributed by atoms with van der Waals surface area (Å²) in [5, 5.41) is 32.0. The second-order valence-corrected chi connectivity index (χ2v) is 4.17. The van der Waals surface area contributed by atoms with Crippen LogP contribution < -0.4 is 10.7 Å². The van der Waals surface area contributed by atoms with E-state index >= 15 is 0 Å². The minimum absolute atomic E-state index is 0.00733. The van der Waals surface area contributed by atoms with Gasteiger partial charge in [-0.2, -0.15) is 0 Å². The van der Waals surface area contributed by atoms with E-state index in [9.17, 15) is 15.0 Å². The summed E-state index contributed by atoms with van der Waals surface area (Å²) in [5.74, 6) is -0.294. The van der Waals surface area contributed by atoms with Gasteiger partial charge in [0, 0.05) is 0 Å². The lowest BCUT2D eigenvalue weighted by Crippen LogP contribution is -2.64. The molecule has 2 saturated heterocycles. The molecule has 1 amide bonds. The highest BCUT2D eigenvalue weighted by molar-refractivity contribution is 7.80. The Labute approximate surface area is 102 Å². The van der Waals surface area contributed by atoms with Crippen molar-refractivity contribution in [3.63, 3.8) is 0 Å². The summed E-state index contributed by atoms with van der Waals surface area (Å²) in [7, 11) is 0. The molecule has 4 atom stereocenters. The van der Waals surface area contributed by atoms with Crippen LogP contribution in [0.25, 0.3) is 0 Å². The van der Waals surface area contributed by atoms with E-state index in [4.69, 9.17) is 22.1 Å². The number of rotatable bonds is 2. The highest BCUT2D eigenvalue weighted by atomic mass is 32.1. The number of thiocarbonyl (C=S) groups is 1. The number of hydrogen-bond acceptors (Lipinski definition) is 7. The van der Waals surface area contributed by atoms with Crippen LogP contribution in [0.5, 0.6) is 0 Å². The quantitative estimate of drug-likeness (QED) is 0.328. The maximum absolute atomic E-state index is 11.0. The zero-order valence-electron chi connectivity index (χ0n) is 8.74. The van der Waals surface area contributed by atoms with Crippen LogP contribution in [0.4, 0.5) is 0 Å². The number of aliphatic hydroxyl groups excluding tert-OH is 3. The van der Waals surface area contributed by atoms with Gasteiger partial charge in [-0.25, -0.2) is 5.43 Å². The minimum Gasteiger partial charge on any atom is -0.394 e.